The quantitative estimate of drug-likeness (QED) is 0.831. The van der Waals surface area contributed by atoms with Crippen LogP contribution in [0, 0.1) is 0 Å². The van der Waals surface area contributed by atoms with Gasteiger partial charge in [-0.1, -0.05) is 0 Å². The molecule has 2 heterocycles. The molecule has 0 radical (unpaired) electrons. The summed E-state index contributed by atoms with van der Waals surface area (Å²) in [5.41, 5.74) is 0.136. The van der Waals surface area contributed by atoms with Crippen molar-refractivity contribution in [2.75, 3.05) is 18.0 Å². The molecule has 1 N–H and O–H groups in total. The van der Waals surface area contributed by atoms with E-state index in [1.807, 2.05) is 0 Å². The number of nitrogens with zero attached hydrogens (tertiary/aromatic N) is 2. The predicted molar refractivity (Wildman–Crippen MR) is 57.5 cm³/mol. The van der Waals surface area contributed by atoms with Crippen molar-refractivity contribution < 1.29 is 14.3 Å². The van der Waals surface area contributed by atoms with Crippen LogP contribution in [0.25, 0.3) is 0 Å². The van der Waals surface area contributed by atoms with Gasteiger partial charge in [0.25, 0.3) is 0 Å². The van der Waals surface area contributed by atoms with Gasteiger partial charge in [0.2, 0.25) is 0 Å². The van der Waals surface area contributed by atoms with Gasteiger partial charge in [-0.3, -0.25) is 0 Å². The number of carboxylic acid groups (broad SMARTS) is 1. The van der Waals surface area contributed by atoms with E-state index < -0.39 is 12.1 Å². The summed E-state index contributed by atoms with van der Waals surface area (Å²) < 4.78 is 13.2. The van der Waals surface area contributed by atoms with Crippen molar-refractivity contribution in [2.45, 2.75) is 19.0 Å². The van der Waals surface area contributed by atoms with Gasteiger partial charge in [0, 0.05) is 12.7 Å². The summed E-state index contributed by atoms with van der Waals surface area (Å²) in [5, 5.41) is 9.00. The molecule has 2 rings (SSSR count). The molecule has 0 saturated carbocycles. The van der Waals surface area contributed by atoms with Crippen molar-refractivity contribution in [3.8, 4) is 0 Å². The monoisotopic (exact) mass is 224 g/mol. The number of alkyl halides is 1. The third-order valence-electron chi connectivity index (χ3n) is 2.68. The molecular weight excluding hydrogens is 211 g/mol. The Kier molecular flexibility index (Phi) is 3.03. The third-order valence-corrected chi connectivity index (χ3v) is 2.68. The van der Waals surface area contributed by atoms with Crippen molar-refractivity contribution in [1.29, 1.82) is 0 Å². The first-order valence-corrected chi connectivity index (χ1v) is 5.26. The fraction of sp³-hybridized carbons (Fsp3) is 0.455. The molecule has 1 unspecified atom stereocenters. The van der Waals surface area contributed by atoms with E-state index in [0.29, 0.717) is 18.8 Å². The highest BCUT2D eigenvalue weighted by Gasteiger charge is 2.23. The fourth-order valence-corrected chi connectivity index (χ4v) is 1.93. The molecule has 5 heteroatoms. The van der Waals surface area contributed by atoms with E-state index in [2.05, 4.69) is 4.98 Å². The van der Waals surface area contributed by atoms with E-state index in [1.165, 1.54) is 12.3 Å². The molecule has 1 aromatic heterocycles. The highest BCUT2D eigenvalue weighted by molar-refractivity contribution is 5.93. The summed E-state index contributed by atoms with van der Waals surface area (Å²) in [6.07, 6.45) is 1.92. The average Bonchev–Trinajstić information content (AvgIpc) is 2.29. The zero-order valence-corrected chi connectivity index (χ0v) is 8.77. The number of hydrogen-bond donors (Lipinski definition) is 1. The molecule has 1 aliphatic heterocycles. The van der Waals surface area contributed by atoms with Gasteiger partial charge in [-0.05, 0) is 25.0 Å². The molecule has 1 aromatic rings. The molecule has 0 spiro atoms. The zero-order valence-electron chi connectivity index (χ0n) is 8.77. The SMILES string of the molecule is O=C(O)c1cccnc1N1CCCC(F)C1. The fourth-order valence-electron chi connectivity index (χ4n) is 1.93. The molecule has 1 atom stereocenters. The minimum Gasteiger partial charge on any atom is -0.478 e. The minimum atomic E-state index is -1.02. The first kappa shape index (κ1) is 10.9. The summed E-state index contributed by atoms with van der Waals surface area (Å²) in [6.45, 7) is 0.898. The van der Waals surface area contributed by atoms with Crippen LogP contribution in [0.5, 0.6) is 0 Å². The maximum Gasteiger partial charge on any atom is 0.339 e. The number of anilines is 1. The first-order chi connectivity index (χ1) is 7.68. The van der Waals surface area contributed by atoms with Crippen LogP contribution < -0.4 is 4.90 Å². The number of piperidine rings is 1. The van der Waals surface area contributed by atoms with E-state index >= 15 is 0 Å². The Hall–Kier alpha value is -1.65. The molecule has 0 amide bonds. The Bertz CT molecular complexity index is 397. The standard InChI is InChI=1S/C11H13FN2O2/c12-8-3-2-6-14(7-8)10-9(11(15)16)4-1-5-13-10/h1,4-5,8H,2-3,6-7H2,(H,15,16). The van der Waals surface area contributed by atoms with Crippen molar-refractivity contribution in [3.05, 3.63) is 23.9 Å². The van der Waals surface area contributed by atoms with E-state index in [0.717, 1.165) is 6.42 Å². The second-order valence-electron chi connectivity index (χ2n) is 3.87. The van der Waals surface area contributed by atoms with Crippen LogP contribution in [0.1, 0.15) is 23.2 Å². The van der Waals surface area contributed by atoms with Crippen LogP contribution in [-0.4, -0.2) is 35.3 Å². The number of carboxylic acids is 1. The van der Waals surface area contributed by atoms with Gasteiger partial charge >= 0.3 is 5.97 Å². The first-order valence-electron chi connectivity index (χ1n) is 5.26. The van der Waals surface area contributed by atoms with Gasteiger partial charge < -0.3 is 10.0 Å². The van der Waals surface area contributed by atoms with Gasteiger partial charge in [-0.2, -0.15) is 0 Å². The number of pyridine rings is 1. The molecule has 0 bridgehead atoms. The van der Waals surface area contributed by atoms with Gasteiger partial charge in [0.1, 0.15) is 17.6 Å². The van der Waals surface area contributed by atoms with E-state index in [4.69, 9.17) is 5.11 Å². The lowest BCUT2D eigenvalue weighted by molar-refractivity contribution is 0.0697. The molecule has 1 fully saturated rings. The van der Waals surface area contributed by atoms with Gasteiger partial charge in [-0.25, -0.2) is 14.2 Å². The van der Waals surface area contributed by atoms with E-state index in [9.17, 15) is 9.18 Å². The smallest absolute Gasteiger partial charge is 0.339 e. The van der Waals surface area contributed by atoms with Gasteiger partial charge in [0.05, 0.1) is 6.54 Å². The van der Waals surface area contributed by atoms with Crippen LogP contribution in [0.2, 0.25) is 0 Å². The molecule has 16 heavy (non-hydrogen) atoms. The normalized spacial score (nSPS) is 20.8. The van der Waals surface area contributed by atoms with Gasteiger partial charge in [0.15, 0.2) is 0 Å². The molecule has 0 aliphatic carbocycles. The van der Waals surface area contributed by atoms with Crippen LogP contribution in [0.15, 0.2) is 18.3 Å². The van der Waals surface area contributed by atoms with Gasteiger partial charge in [-0.15, -0.1) is 0 Å². The molecule has 1 aliphatic rings. The summed E-state index contributed by atoms with van der Waals surface area (Å²) >= 11 is 0. The number of aromatic carboxylic acids is 1. The lowest BCUT2D eigenvalue weighted by Gasteiger charge is -2.30. The van der Waals surface area contributed by atoms with Crippen molar-refractivity contribution >= 4 is 11.8 Å². The van der Waals surface area contributed by atoms with Crippen LogP contribution in [0.3, 0.4) is 0 Å². The zero-order chi connectivity index (χ0) is 11.5. The molecular formula is C11H13FN2O2. The maximum absolute atomic E-state index is 13.2. The highest BCUT2D eigenvalue weighted by atomic mass is 19.1. The van der Waals surface area contributed by atoms with E-state index in [1.54, 1.807) is 11.0 Å². The van der Waals surface area contributed by atoms with Crippen LogP contribution in [-0.2, 0) is 0 Å². The average molecular weight is 224 g/mol. The minimum absolute atomic E-state index is 0.136. The van der Waals surface area contributed by atoms with Crippen molar-refractivity contribution in [1.82, 2.24) is 4.98 Å². The maximum atomic E-state index is 13.2. The summed E-state index contributed by atoms with van der Waals surface area (Å²) in [7, 11) is 0. The van der Waals surface area contributed by atoms with Crippen LogP contribution in [0.4, 0.5) is 10.2 Å². The lowest BCUT2D eigenvalue weighted by atomic mass is 10.1. The Balaban J connectivity index is 2.28. The molecule has 0 aromatic carbocycles. The summed E-state index contributed by atoms with van der Waals surface area (Å²) in [4.78, 5) is 16.7. The number of carbonyl (C=O) groups is 1. The Morgan fingerprint density at radius 3 is 3.12 bits per heavy atom. The van der Waals surface area contributed by atoms with E-state index in [-0.39, 0.29) is 12.1 Å². The van der Waals surface area contributed by atoms with Crippen molar-refractivity contribution in [2.24, 2.45) is 0 Å². The second kappa shape index (κ2) is 4.47. The molecule has 4 nitrogen and oxygen atoms in total. The third kappa shape index (κ3) is 2.13. The number of rotatable bonds is 2. The number of hydrogen-bond acceptors (Lipinski definition) is 3. The summed E-state index contributed by atoms with van der Waals surface area (Å²) in [5.74, 6) is -0.651. The number of aromatic nitrogens is 1. The van der Waals surface area contributed by atoms with Crippen LogP contribution >= 0.6 is 0 Å². The topological polar surface area (TPSA) is 53.4 Å². The lowest BCUT2D eigenvalue weighted by Crippen LogP contribution is -2.37. The Morgan fingerprint density at radius 1 is 1.62 bits per heavy atom. The molecule has 86 valence electrons. The highest BCUT2D eigenvalue weighted by Crippen LogP contribution is 2.22. The largest absolute Gasteiger partial charge is 0.478 e. The Morgan fingerprint density at radius 2 is 2.44 bits per heavy atom. The Labute approximate surface area is 92.7 Å². The number of halogens is 1. The molecule has 1 saturated heterocycles. The second-order valence-corrected chi connectivity index (χ2v) is 3.87. The summed E-state index contributed by atoms with van der Waals surface area (Å²) in [6, 6.07) is 3.07. The predicted octanol–water partition coefficient (Wildman–Crippen LogP) is 1.72. The van der Waals surface area contributed by atoms with Crippen molar-refractivity contribution in [3.63, 3.8) is 0 Å².